The van der Waals surface area contributed by atoms with E-state index in [1.54, 1.807) is 69.3 Å². The molecule has 19 heteroatoms. The normalized spacial score (nSPS) is 25.4. The summed E-state index contributed by atoms with van der Waals surface area (Å²) in [5.74, 6) is -5.49. The third-order valence-electron chi connectivity index (χ3n) is 13.3. The van der Waals surface area contributed by atoms with Gasteiger partial charge in [0.2, 0.25) is 35.4 Å². The number of carbonyl (C=O) groups is 8. The Hall–Kier alpha value is -6.24. The van der Waals surface area contributed by atoms with Crippen molar-refractivity contribution in [3.63, 3.8) is 0 Å². The van der Waals surface area contributed by atoms with E-state index in [9.17, 15) is 43.5 Å². The number of benzene rings is 2. The minimum atomic E-state index is -1.66. The van der Waals surface area contributed by atoms with Gasteiger partial charge in [-0.25, -0.2) is 9.59 Å². The second-order valence-corrected chi connectivity index (χ2v) is 19.3. The van der Waals surface area contributed by atoms with E-state index < -0.39 is 120 Å². The van der Waals surface area contributed by atoms with Crippen molar-refractivity contribution in [1.82, 2.24) is 36.0 Å². The topological polar surface area (TPSA) is 242 Å². The van der Waals surface area contributed by atoms with Gasteiger partial charge in [-0.15, -0.1) is 0 Å². The number of nitrogens with one attached hydrogen (secondary N) is 4. The van der Waals surface area contributed by atoms with Crippen LogP contribution in [-0.4, -0.2) is 150 Å². The van der Waals surface area contributed by atoms with Crippen LogP contribution < -0.4 is 26.0 Å². The van der Waals surface area contributed by atoms with Gasteiger partial charge in [-0.3, -0.25) is 33.7 Å². The van der Waals surface area contributed by atoms with E-state index in [0.29, 0.717) is 24.2 Å². The maximum absolute atomic E-state index is 14.7. The molecule has 0 aliphatic carbocycles. The van der Waals surface area contributed by atoms with Crippen molar-refractivity contribution in [3.05, 3.63) is 65.7 Å². The third-order valence-corrected chi connectivity index (χ3v) is 13.3. The Bertz CT molecular complexity index is 2120. The van der Waals surface area contributed by atoms with E-state index in [0.717, 1.165) is 10.5 Å². The fraction of sp³-hybridized carbons (Fsp3) is 0.608. The van der Waals surface area contributed by atoms with Crippen LogP contribution in [0.1, 0.15) is 98.6 Å². The molecule has 2 aliphatic heterocycles. The minimum Gasteiger partial charge on any atom is -0.497 e. The van der Waals surface area contributed by atoms with Crippen LogP contribution >= 0.6 is 0 Å². The summed E-state index contributed by atoms with van der Waals surface area (Å²) >= 11 is 0. The Morgan fingerprint density at radius 1 is 0.900 bits per heavy atom. The Labute approximate surface area is 412 Å². The average Bonchev–Trinajstić information content (AvgIpc) is 3.83. The first-order chi connectivity index (χ1) is 33.1. The molecule has 0 saturated carbocycles. The summed E-state index contributed by atoms with van der Waals surface area (Å²) in [5.41, 5.74) is 1.33. The molecule has 386 valence electrons. The number of aliphatic hydroxyl groups excluding tert-OH is 1. The molecule has 19 nitrogen and oxygen atoms in total. The molecule has 0 aromatic heterocycles. The molecule has 4 rings (SSSR count). The van der Waals surface area contributed by atoms with Crippen molar-refractivity contribution < 1.29 is 57.7 Å². The van der Waals surface area contributed by atoms with Gasteiger partial charge in [-0.05, 0) is 74.1 Å². The van der Waals surface area contributed by atoms with Gasteiger partial charge in [0, 0.05) is 27.1 Å². The zero-order chi connectivity index (χ0) is 52.0. The highest BCUT2D eigenvalue weighted by Gasteiger charge is 2.44. The SMILES string of the molecule is CC[C@H](C)[C@H]1NC(=O)[C@@H](NC(=O)[C@@H](C)N(C)C(=O)OCc2ccccc2)[C@@H](C)OC(=O)[C@H](Cc2ccc(OC)cc2)N(C)C(=O)[C@@H]2CCCN2C(=O)[C@H](CC(C)C)NC(=O)[C@H](C(C)C)NC(=O)C[C@@H]1O. The van der Waals surface area contributed by atoms with Gasteiger partial charge in [0.25, 0.3) is 0 Å². The van der Waals surface area contributed by atoms with Gasteiger partial charge in [0.05, 0.1) is 25.7 Å². The number of aliphatic hydroxyl groups is 1. The van der Waals surface area contributed by atoms with E-state index in [1.165, 1.54) is 44.9 Å². The van der Waals surface area contributed by atoms with E-state index in [1.807, 2.05) is 26.8 Å². The highest BCUT2D eigenvalue weighted by atomic mass is 16.6. The maximum Gasteiger partial charge on any atom is 0.410 e. The van der Waals surface area contributed by atoms with Crippen LogP contribution in [0, 0.1) is 17.8 Å². The average molecular weight is 978 g/mol. The van der Waals surface area contributed by atoms with E-state index in [2.05, 4.69) is 21.3 Å². The van der Waals surface area contributed by atoms with Gasteiger partial charge in [0.1, 0.15) is 54.7 Å². The molecule has 2 heterocycles. The molecule has 10 atom stereocenters. The summed E-state index contributed by atoms with van der Waals surface area (Å²) in [5, 5.41) is 22.7. The lowest BCUT2D eigenvalue weighted by atomic mass is 9.91. The molecule has 2 aromatic rings. The summed E-state index contributed by atoms with van der Waals surface area (Å²) in [6.07, 6.45) is -3.04. The summed E-state index contributed by atoms with van der Waals surface area (Å²) in [6, 6.07) is 7.24. The lowest BCUT2D eigenvalue weighted by Crippen LogP contribution is -2.61. The molecule has 0 spiro atoms. The first-order valence-corrected chi connectivity index (χ1v) is 24.3. The number of cyclic esters (lactones) is 1. The fourth-order valence-corrected chi connectivity index (χ4v) is 8.56. The number of esters is 1. The number of hydrogen-bond acceptors (Lipinski definition) is 12. The number of rotatable bonds is 13. The first-order valence-electron chi connectivity index (χ1n) is 24.3. The first kappa shape index (κ1) is 56.3. The second-order valence-electron chi connectivity index (χ2n) is 19.3. The maximum atomic E-state index is 14.7. The molecule has 2 saturated heterocycles. The minimum absolute atomic E-state index is 0.0668. The molecule has 2 fully saturated rings. The number of ether oxygens (including phenoxy) is 3. The second kappa shape index (κ2) is 26.1. The van der Waals surface area contributed by atoms with Crippen molar-refractivity contribution in [1.29, 1.82) is 0 Å². The Morgan fingerprint density at radius 3 is 2.16 bits per heavy atom. The predicted molar refractivity (Wildman–Crippen MR) is 259 cm³/mol. The summed E-state index contributed by atoms with van der Waals surface area (Å²) in [7, 11) is 4.29. The summed E-state index contributed by atoms with van der Waals surface area (Å²) < 4.78 is 16.8. The van der Waals surface area contributed by atoms with Crippen molar-refractivity contribution >= 4 is 47.5 Å². The molecule has 5 N–H and O–H groups in total. The van der Waals surface area contributed by atoms with Gasteiger partial charge in [-0.2, -0.15) is 0 Å². The van der Waals surface area contributed by atoms with Gasteiger partial charge >= 0.3 is 12.1 Å². The molecule has 0 unspecified atom stereocenters. The Balaban J connectivity index is 1.80. The number of amides is 7. The fourth-order valence-electron chi connectivity index (χ4n) is 8.56. The van der Waals surface area contributed by atoms with E-state index in [4.69, 9.17) is 14.2 Å². The molecule has 70 heavy (non-hydrogen) atoms. The predicted octanol–water partition coefficient (Wildman–Crippen LogP) is 3.10. The molecule has 2 aliphatic rings. The largest absolute Gasteiger partial charge is 0.497 e. The zero-order valence-electron chi connectivity index (χ0n) is 42.6. The van der Waals surface area contributed by atoms with Crippen LogP contribution in [-0.2, 0) is 56.1 Å². The van der Waals surface area contributed by atoms with Crippen molar-refractivity contribution in [2.45, 2.75) is 155 Å². The van der Waals surface area contributed by atoms with Crippen LogP contribution in [0.4, 0.5) is 4.79 Å². The van der Waals surface area contributed by atoms with Crippen LogP contribution in [0.25, 0.3) is 0 Å². The Morgan fingerprint density at radius 2 is 1.56 bits per heavy atom. The molecule has 7 amide bonds. The van der Waals surface area contributed by atoms with E-state index >= 15 is 0 Å². The van der Waals surface area contributed by atoms with Crippen LogP contribution in [0.15, 0.2) is 54.6 Å². The zero-order valence-corrected chi connectivity index (χ0v) is 42.6. The van der Waals surface area contributed by atoms with Crippen molar-refractivity contribution in [2.24, 2.45) is 17.8 Å². The lowest BCUT2D eigenvalue weighted by Gasteiger charge is -2.35. The number of methoxy groups -OCH3 is 1. The highest BCUT2D eigenvalue weighted by Crippen LogP contribution is 2.25. The van der Waals surface area contributed by atoms with Gasteiger partial charge < -0.3 is 50.4 Å². The number of carbonyl (C=O) groups excluding carboxylic acids is 8. The molecule has 0 bridgehead atoms. The monoisotopic (exact) mass is 978 g/mol. The van der Waals surface area contributed by atoms with Gasteiger partial charge in [0.15, 0.2) is 0 Å². The smallest absolute Gasteiger partial charge is 0.410 e. The van der Waals surface area contributed by atoms with Crippen molar-refractivity contribution in [3.8, 4) is 5.75 Å². The molecular formula is C51H75N7O12. The number of nitrogens with zero attached hydrogens (tertiary/aromatic N) is 3. The number of hydrogen-bond donors (Lipinski definition) is 5. The molecule has 2 aromatic carbocycles. The third kappa shape index (κ3) is 15.1. The molecule has 0 radical (unpaired) electrons. The van der Waals surface area contributed by atoms with Crippen LogP contribution in [0.2, 0.25) is 0 Å². The summed E-state index contributed by atoms with van der Waals surface area (Å²) in [6.45, 7) is 13.7. The quantitative estimate of drug-likeness (QED) is 0.182. The van der Waals surface area contributed by atoms with Crippen molar-refractivity contribution in [2.75, 3.05) is 27.7 Å². The molecular weight excluding hydrogens is 903 g/mol. The number of likely N-dealkylation sites (N-methyl/N-ethyl adjacent to an activating group) is 2. The lowest BCUT2D eigenvalue weighted by molar-refractivity contribution is -0.162. The van der Waals surface area contributed by atoms with Crippen LogP contribution in [0.5, 0.6) is 5.75 Å². The van der Waals surface area contributed by atoms with E-state index in [-0.39, 0.29) is 38.3 Å². The standard InChI is InChI=1S/C51H75N7O12/c1-12-31(6)43-40(59)27-41(60)53-42(30(4)5)46(62)52-37(25-29(2)3)48(64)58-24-16-19-38(58)49(65)57(10)39(26-34-20-22-36(68-11)23-21-34)50(66)70-33(8)44(47(63)54-43)55-45(61)32(7)56(9)51(67)69-28-35-17-14-13-15-18-35/h13-15,17-18,20-23,29-33,37-40,42-44,59H,12,16,19,24-28H2,1-11H3,(H,52,62)(H,53,60)(H,54,63)(H,55,61)/t31-,32+,33+,37-,38-,39-,40-,42-,43+,44-/m0/s1. The van der Waals surface area contributed by atoms with Crippen LogP contribution in [0.3, 0.4) is 0 Å². The summed E-state index contributed by atoms with van der Waals surface area (Å²) in [4.78, 5) is 117. The number of fused-ring (bicyclic) bond motifs is 1. The Kier molecular flexibility index (Phi) is 21.0. The highest BCUT2D eigenvalue weighted by molar-refractivity contribution is 5.96. The van der Waals surface area contributed by atoms with Gasteiger partial charge in [-0.1, -0.05) is 90.4 Å².